The molecule has 1 aliphatic rings. The number of rotatable bonds is 3. The third-order valence-electron chi connectivity index (χ3n) is 3.20. The number of aromatic nitrogens is 1. The topological polar surface area (TPSA) is 24.9 Å². The van der Waals surface area contributed by atoms with Crippen LogP contribution in [0.25, 0.3) is 0 Å². The maximum atomic E-state index is 4.19. The monoisotopic (exact) mass is 210 g/mol. The SMILES string of the molecule is CNC(c1ccns1)C1CCCCC1. The van der Waals surface area contributed by atoms with Crippen molar-refractivity contribution in [1.29, 1.82) is 0 Å². The van der Waals surface area contributed by atoms with Gasteiger partial charge in [-0.05, 0) is 43.4 Å². The molecule has 1 atom stereocenters. The Kier molecular flexibility index (Phi) is 3.54. The summed E-state index contributed by atoms with van der Waals surface area (Å²) in [4.78, 5) is 1.40. The van der Waals surface area contributed by atoms with Crippen molar-refractivity contribution in [2.45, 2.75) is 38.1 Å². The maximum absolute atomic E-state index is 4.19. The fraction of sp³-hybridized carbons (Fsp3) is 0.727. The van der Waals surface area contributed by atoms with Gasteiger partial charge in [-0.1, -0.05) is 19.3 Å². The molecular weight excluding hydrogens is 192 g/mol. The average molecular weight is 210 g/mol. The van der Waals surface area contributed by atoms with Gasteiger partial charge in [-0.2, -0.15) is 0 Å². The molecule has 0 saturated heterocycles. The highest BCUT2D eigenvalue weighted by molar-refractivity contribution is 7.05. The van der Waals surface area contributed by atoms with Crippen LogP contribution in [-0.2, 0) is 0 Å². The van der Waals surface area contributed by atoms with E-state index in [0.717, 1.165) is 5.92 Å². The zero-order valence-electron chi connectivity index (χ0n) is 8.70. The van der Waals surface area contributed by atoms with Gasteiger partial charge in [0, 0.05) is 17.1 Å². The zero-order chi connectivity index (χ0) is 9.80. The molecule has 1 heterocycles. The quantitative estimate of drug-likeness (QED) is 0.829. The lowest BCUT2D eigenvalue weighted by molar-refractivity contribution is 0.284. The van der Waals surface area contributed by atoms with E-state index < -0.39 is 0 Å². The van der Waals surface area contributed by atoms with E-state index in [0.29, 0.717) is 6.04 Å². The normalized spacial score (nSPS) is 20.9. The van der Waals surface area contributed by atoms with E-state index in [-0.39, 0.29) is 0 Å². The van der Waals surface area contributed by atoms with E-state index in [2.05, 4.69) is 22.8 Å². The molecule has 1 aliphatic carbocycles. The number of nitrogens with one attached hydrogen (secondary N) is 1. The van der Waals surface area contributed by atoms with Crippen molar-refractivity contribution in [3.63, 3.8) is 0 Å². The van der Waals surface area contributed by atoms with E-state index in [1.807, 2.05) is 6.20 Å². The summed E-state index contributed by atoms with van der Waals surface area (Å²) < 4.78 is 4.19. The summed E-state index contributed by atoms with van der Waals surface area (Å²) in [7, 11) is 2.07. The van der Waals surface area contributed by atoms with Gasteiger partial charge >= 0.3 is 0 Å². The molecule has 14 heavy (non-hydrogen) atoms. The second-order valence-electron chi connectivity index (χ2n) is 4.08. The average Bonchev–Trinajstić information content (AvgIpc) is 2.74. The summed E-state index contributed by atoms with van der Waals surface area (Å²) in [5.74, 6) is 0.828. The highest BCUT2D eigenvalue weighted by Crippen LogP contribution is 2.35. The number of hydrogen-bond acceptors (Lipinski definition) is 3. The van der Waals surface area contributed by atoms with Crippen molar-refractivity contribution in [2.75, 3.05) is 7.05 Å². The minimum absolute atomic E-state index is 0.544. The third-order valence-corrected chi connectivity index (χ3v) is 4.02. The molecule has 3 heteroatoms. The lowest BCUT2D eigenvalue weighted by atomic mass is 9.83. The molecule has 0 spiro atoms. The Hall–Kier alpha value is -0.410. The van der Waals surface area contributed by atoms with Crippen LogP contribution in [0.4, 0.5) is 0 Å². The van der Waals surface area contributed by atoms with Gasteiger partial charge in [0.1, 0.15) is 0 Å². The highest BCUT2D eigenvalue weighted by Gasteiger charge is 2.24. The van der Waals surface area contributed by atoms with Crippen LogP contribution < -0.4 is 5.32 Å². The molecule has 0 aromatic carbocycles. The first-order valence-corrected chi connectivity index (χ1v) is 6.27. The molecule has 0 radical (unpaired) electrons. The van der Waals surface area contributed by atoms with Gasteiger partial charge < -0.3 is 5.32 Å². The third kappa shape index (κ3) is 2.15. The smallest absolute Gasteiger partial charge is 0.0457 e. The fourth-order valence-electron chi connectivity index (χ4n) is 2.46. The second-order valence-corrected chi connectivity index (χ2v) is 4.94. The van der Waals surface area contributed by atoms with E-state index >= 15 is 0 Å². The van der Waals surface area contributed by atoms with Gasteiger partial charge in [-0.3, -0.25) is 0 Å². The van der Waals surface area contributed by atoms with Crippen LogP contribution in [-0.4, -0.2) is 11.4 Å². The van der Waals surface area contributed by atoms with Crippen molar-refractivity contribution in [1.82, 2.24) is 9.69 Å². The Labute approximate surface area is 89.9 Å². The lowest BCUT2D eigenvalue weighted by Gasteiger charge is -2.29. The molecule has 1 N–H and O–H groups in total. The fourth-order valence-corrected chi connectivity index (χ4v) is 3.25. The highest BCUT2D eigenvalue weighted by atomic mass is 32.1. The molecule has 1 fully saturated rings. The minimum Gasteiger partial charge on any atom is -0.312 e. The Bertz CT molecular complexity index is 252. The van der Waals surface area contributed by atoms with Crippen LogP contribution in [0.2, 0.25) is 0 Å². The first-order chi connectivity index (χ1) is 6.92. The molecule has 1 aromatic rings. The van der Waals surface area contributed by atoms with Crippen LogP contribution in [0.1, 0.15) is 43.0 Å². The number of hydrogen-bond donors (Lipinski definition) is 1. The molecule has 1 saturated carbocycles. The van der Waals surface area contributed by atoms with Crippen molar-refractivity contribution >= 4 is 11.5 Å². The molecule has 0 amide bonds. The molecule has 0 aliphatic heterocycles. The minimum atomic E-state index is 0.544. The van der Waals surface area contributed by atoms with Crippen LogP contribution in [0.3, 0.4) is 0 Å². The van der Waals surface area contributed by atoms with E-state index in [4.69, 9.17) is 0 Å². The van der Waals surface area contributed by atoms with Crippen LogP contribution in [0.5, 0.6) is 0 Å². The van der Waals surface area contributed by atoms with Gasteiger partial charge in [0.15, 0.2) is 0 Å². The van der Waals surface area contributed by atoms with Crippen molar-refractivity contribution in [2.24, 2.45) is 5.92 Å². The van der Waals surface area contributed by atoms with E-state index in [9.17, 15) is 0 Å². The standard InChI is InChI=1S/C11H18N2S/c1-12-11(10-7-8-13-14-10)9-5-3-2-4-6-9/h7-9,11-12H,2-6H2,1H3. The summed E-state index contributed by atoms with van der Waals surface area (Å²) in [5, 5.41) is 3.44. The molecular formula is C11H18N2S. The van der Waals surface area contributed by atoms with Gasteiger partial charge in [0.2, 0.25) is 0 Å². The predicted octanol–water partition coefficient (Wildman–Crippen LogP) is 2.98. The first kappa shape index (κ1) is 10.1. The second kappa shape index (κ2) is 4.89. The summed E-state index contributed by atoms with van der Waals surface area (Å²) in [6.45, 7) is 0. The van der Waals surface area contributed by atoms with Gasteiger partial charge in [-0.15, -0.1) is 0 Å². The van der Waals surface area contributed by atoms with Gasteiger partial charge in [-0.25, -0.2) is 4.37 Å². The van der Waals surface area contributed by atoms with Gasteiger partial charge in [0.25, 0.3) is 0 Å². The first-order valence-electron chi connectivity index (χ1n) is 5.49. The zero-order valence-corrected chi connectivity index (χ0v) is 9.52. The predicted molar refractivity (Wildman–Crippen MR) is 60.5 cm³/mol. The van der Waals surface area contributed by atoms with E-state index in [1.54, 1.807) is 11.5 Å². The molecule has 2 nitrogen and oxygen atoms in total. The maximum Gasteiger partial charge on any atom is 0.0457 e. The summed E-state index contributed by atoms with van der Waals surface area (Å²) in [5.41, 5.74) is 0. The van der Waals surface area contributed by atoms with Crippen LogP contribution in [0, 0.1) is 5.92 Å². The largest absolute Gasteiger partial charge is 0.312 e. The van der Waals surface area contributed by atoms with Crippen molar-refractivity contribution in [3.05, 3.63) is 17.1 Å². The van der Waals surface area contributed by atoms with E-state index in [1.165, 1.54) is 37.0 Å². The lowest BCUT2D eigenvalue weighted by Crippen LogP contribution is -2.26. The molecule has 78 valence electrons. The van der Waals surface area contributed by atoms with Crippen molar-refractivity contribution < 1.29 is 0 Å². The Morgan fingerprint density at radius 2 is 2.21 bits per heavy atom. The summed E-state index contributed by atoms with van der Waals surface area (Å²) in [6.07, 6.45) is 8.90. The molecule has 1 unspecified atom stereocenters. The van der Waals surface area contributed by atoms with Crippen LogP contribution >= 0.6 is 11.5 Å². The molecule has 0 bridgehead atoms. The number of nitrogens with zero attached hydrogens (tertiary/aromatic N) is 1. The Morgan fingerprint density at radius 3 is 2.79 bits per heavy atom. The summed E-state index contributed by atoms with van der Waals surface area (Å²) in [6, 6.07) is 2.70. The van der Waals surface area contributed by atoms with Crippen LogP contribution in [0.15, 0.2) is 12.3 Å². The Morgan fingerprint density at radius 1 is 1.43 bits per heavy atom. The molecule has 1 aromatic heterocycles. The Balaban J connectivity index is 2.04. The van der Waals surface area contributed by atoms with Crippen molar-refractivity contribution in [3.8, 4) is 0 Å². The van der Waals surface area contributed by atoms with Gasteiger partial charge in [0.05, 0.1) is 0 Å². The molecule has 2 rings (SSSR count). The summed E-state index contributed by atoms with van der Waals surface area (Å²) >= 11 is 1.64.